The van der Waals surface area contributed by atoms with Gasteiger partial charge in [0.15, 0.2) is 5.82 Å². The van der Waals surface area contributed by atoms with Gasteiger partial charge in [-0.25, -0.2) is 9.67 Å². The molecule has 3 heterocycles. The highest BCUT2D eigenvalue weighted by atomic mass is 16.5. The molecule has 0 aliphatic heterocycles. The quantitative estimate of drug-likeness (QED) is 0.433. The van der Waals surface area contributed by atoms with E-state index in [-0.39, 0.29) is 5.91 Å². The van der Waals surface area contributed by atoms with Gasteiger partial charge in [-0.15, -0.1) is 5.10 Å². The molecule has 2 aromatic carbocycles. The van der Waals surface area contributed by atoms with Gasteiger partial charge in [0.1, 0.15) is 18.0 Å². The lowest BCUT2D eigenvalue weighted by molar-refractivity contribution is 0.102. The van der Waals surface area contributed by atoms with Gasteiger partial charge in [0.05, 0.1) is 5.69 Å². The van der Waals surface area contributed by atoms with E-state index in [0.29, 0.717) is 29.4 Å². The van der Waals surface area contributed by atoms with Crippen molar-refractivity contribution in [3.8, 4) is 17.1 Å². The van der Waals surface area contributed by atoms with Crippen molar-refractivity contribution in [2.75, 3.05) is 5.32 Å². The summed E-state index contributed by atoms with van der Waals surface area (Å²) >= 11 is 0. The molecule has 0 spiro atoms. The standard InChI is InChI=1S/C24H21N7O2/c1-16-9-10-22-25-20(14-31(22)13-16)15-33-21-8-4-6-18(12-21)24(32)26-19-7-3-5-17(11-19)23-27-28-29-30(23)2/h3-14H,15H2,1-2H3,(H,26,32). The van der Waals surface area contributed by atoms with E-state index in [2.05, 4.69) is 25.8 Å². The van der Waals surface area contributed by atoms with Gasteiger partial charge in [-0.2, -0.15) is 0 Å². The van der Waals surface area contributed by atoms with E-state index in [1.807, 2.05) is 66.2 Å². The van der Waals surface area contributed by atoms with Crippen molar-refractivity contribution in [1.29, 1.82) is 0 Å². The van der Waals surface area contributed by atoms with Crippen LogP contribution in [0.15, 0.2) is 73.1 Å². The van der Waals surface area contributed by atoms with Crippen LogP contribution in [0.5, 0.6) is 5.75 Å². The molecular formula is C24H21N7O2. The first kappa shape index (κ1) is 20.4. The number of aryl methyl sites for hydroxylation is 2. The van der Waals surface area contributed by atoms with Gasteiger partial charge in [-0.3, -0.25) is 4.79 Å². The Morgan fingerprint density at radius 3 is 2.79 bits per heavy atom. The normalized spacial score (nSPS) is 11.0. The number of hydrogen-bond donors (Lipinski definition) is 1. The van der Waals surface area contributed by atoms with Gasteiger partial charge in [-0.1, -0.05) is 24.3 Å². The van der Waals surface area contributed by atoms with Crippen molar-refractivity contribution in [1.82, 2.24) is 29.6 Å². The monoisotopic (exact) mass is 439 g/mol. The van der Waals surface area contributed by atoms with Gasteiger partial charge in [0.25, 0.3) is 5.91 Å². The SMILES string of the molecule is Cc1ccc2nc(COc3cccc(C(=O)Nc4cccc(-c5nnnn5C)c4)c3)cn2c1. The van der Waals surface area contributed by atoms with Crippen molar-refractivity contribution < 1.29 is 9.53 Å². The van der Waals surface area contributed by atoms with Crippen molar-refractivity contribution in [3.63, 3.8) is 0 Å². The zero-order valence-electron chi connectivity index (χ0n) is 18.1. The zero-order valence-corrected chi connectivity index (χ0v) is 18.1. The van der Waals surface area contributed by atoms with Crippen molar-refractivity contribution in [2.24, 2.45) is 7.05 Å². The second-order valence-corrected chi connectivity index (χ2v) is 7.68. The van der Waals surface area contributed by atoms with Crippen LogP contribution in [0.2, 0.25) is 0 Å². The van der Waals surface area contributed by atoms with Crippen LogP contribution in [-0.2, 0) is 13.7 Å². The molecule has 0 atom stereocenters. The number of imidazole rings is 1. The fourth-order valence-corrected chi connectivity index (χ4v) is 3.52. The molecule has 3 aromatic heterocycles. The highest BCUT2D eigenvalue weighted by molar-refractivity contribution is 6.04. The van der Waals surface area contributed by atoms with E-state index in [9.17, 15) is 4.79 Å². The number of carbonyl (C=O) groups excluding carboxylic acids is 1. The van der Waals surface area contributed by atoms with Crippen molar-refractivity contribution >= 4 is 17.2 Å². The number of rotatable bonds is 6. The summed E-state index contributed by atoms with van der Waals surface area (Å²) in [6.07, 6.45) is 3.96. The molecule has 1 N–H and O–H groups in total. The molecule has 0 saturated carbocycles. The molecule has 9 nitrogen and oxygen atoms in total. The number of amides is 1. The number of anilines is 1. The van der Waals surface area contributed by atoms with Crippen LogP contribution in [0.4, 0.5) is 5.69 Å². The number of carbonyl (C=O) groups is 1. The molecule has 0 saturated heterocycles. The summed E-state index contributed by atoms with van der Waals surface area (Å²) in [4.78, 5) is 17.4. The Balaban J connectivity index is 1.27. The zero-order chi connectivity index (χ0) is 22.8. The number of nitrogens with one attached hydrogen (secondary N) is 1. The molecule has 5 rings (SSSR count). The van der Waals surface area contributed by atoms with Crippen LogP contribution in [0, 0.1) is 6.92 Å². The van der Waals surface area contributed by atoms with Crippen LogP contribution in [0.25, 0.3) is 17.0 Å². The lowest BCUT2D eigenvalue weighted by atomic mass is 10.1. The summed E-state index contributed by atoms with van der Waals surface area (Å²) in [5.41, 5.74) is 4.78. The van der Waals surface area contributed by atoms with Crippen molar-refractivity contribution in [2.45, 2.75) is 13.5 Å². The molecule has 0 unspecified atom stereocenters. The lowest BCUT2D eigenvalue weighted by Gasteiger charge is -2.09. The number of hydrogen-bond acceptors (Lipinski definition) is 6. The smallest absolute Gasteiger partial charge is 0.255 e. The van der Waals surface area contributed by atoms with Crippen LogP contribution < -0.4 is 10.1 Å². The Morgan fingerprint density at radius 2 is 1.94 bits per heavy atom. The molecule has 0 radical (unpaired) electrons. The molecule has 1 amide bonds. The summed E-state index contributed by atoms with van der Waals surface area (Å²) < 4.78 is 9.44. The van der Waals surface area contributed by atoms with Gasteiger partial charge < -0.3 is 14.5 Å². The third-order valence-electron chi connectivity index (χ3n) is 5.13. The second-order valence-electron chi connectivity index (χ2n) is 7.68. The lowest BCUT2D eigenvalue weighted by Crippen LogP contribution is -2.12. The predicted octanol–water partition coefficient (Wildman–Crippen LogP) is 3.66. The summed E-state index contributed by atoms with van der Waals surface area (Å²) in [5.74, 6) is 0.968. The molecule has 0 aliphatic carbocycles. The van der Waals surface area contributed by atoms with Gasteiger partial charge >= 0.3 is 0 Å². The first-order valence-corrected chi connectivity index (χ1v) is 10.4. The Morgan fingerprint density at radius 1 is 1.06 bits per heavy atom. The highest BCUT2D eigenvalue weighted by Gasteiger charge is 2.11. The molecule has 0 bridgehead atoms. The molecule has 33 heavy (non-hydrogen) atoms. The van der Waals surface area contributed by atoms with Crippen LogP contribution in [0.1, 0.15) is 21.6 Å². The van der Waals surface area contributed by atoms with E-state index in [0.717, 1.165) is 22.5 Å². The van der Waals surface area contributed by atoms with Gasteiger partial charge in [0, 0.05) is 36.3 Å². The second kappa shape index (κ2) is 8.54. The Kier molecular flexibility index (Phi) is 5.27. The van der Waals surface area contributed by atoms with E-state index in [4.69, 9.17) is 4.74 Å². The minimum atomic E-state index is -0.239. The number of benzene rings is 2. The maximum Gasteiger partial charge on any atom is 0.255 e. The average molecular weight is 439 g/mol. The molecule has 164 valence electrons. The molecular weight excluding hydrogens is 418 g/mol. The van der Waals surface area contributed by atoms with Crippen LogP contribution in [0.3, 0.4) is 0 Å². The number of aromatic nitrogens is 6. The number of fused-ring (bicyclic) bond motifs is 1. The van der Waals surface area contributed by atoms with Gasteiger partial charge in [0.2, 0.25) is 0 Å². The largest absolute Gasteiger partial charge is 0.487 e. The minimum Gasteiger partial charge on any atom is -0.487 e. The number of pyridine rings is 1. The minimum absolute atomic E-state index is 0.239. The maximum atomic E-state index is 12.8. The fourth-order valence-electron chi connectivity index (χ4n) is 3.52. The third kappa shape index (κ3) is 4.42. The van der Waals surface area contributed by atoms with Gasteiger partial charge in [-0.05, 0) is 59.3 Å². The first-order valence-electron chi connectivity index (χ1n) is 10.4. The summed E-state index contributed by atoms with van der Waals surface area (Å²) in [5, 5.41) is 14.4. The van der Waals surface area contributed by atoms with E-state index >= 15 is 0 Å². The molecule has 0 fully saturated rings. The Bertz CT molecular complexity index is 1450. The Hall–Kier alpha value is -4.53. The summed E-state index contributed by atoms with van der Waals surface area (Å²) in [7, 11) is 1.76. The summed E-state index contributed by atoms with van der Waals surface area (Å²) in [6, 6.07) is 18.4. The topological polar surface area (TPSA) is 99.2 Å². The molecule has 5 aromatic rings. The van der Waals surface area contributed by atoms with Crippen LogP contribution >= 0.6 is 0 Å². The maximum absolute atomic E-state index is 12.8. The fraction of sp³-hybridized carbons (Fsp3) is 0.125. The number of ether oxygens (including phenoxy) is 1. The number of nitrogens with zero attached hydrogens (tertiary/aromatic N) is 6. The first-order chi connectivity index (χ1) is 16.0. The molecule has 0 aliphatic rings. The van der Waals surface area contributed by atoms with E-state index in [1.165, 1.54) is 0 Å². The van der Waals surface area contributed by atoms with E-state index < -0.39 is 0 Å². The summed E-state index contributed by atoms with van der Waals surface area (Å²) in [6.45, 7) is 2.34. The third-order valence-corrected chi connectivity index (χ3v) is 5.13. The average Bonchev–Trinajstić information content (AvgIpc) is 3.43. The predicted molar refractivity (Wildman–Crippen MR) is 123 cm³/mol. The van der Waals surface area contributed by atoms with E-state index in [1.54, 1.807) is 29.9 Å². The molecule has 9 heteroatoms. The number of tetrazole rings is 1. The highest BCUT2D eigenvalue weighted by Crippen LogP contribution is 2.21. The Labute approximate surface area is 189 Å². The van der Waals surface area contributed by atoms with Crippen molar-refractivity contribution in [3.05, 3.63) is 89.9 Å². The van der Waals surface area contributed by atoms with Crippen LogP contribution in [-0.4, -0.2) is 35.5 Å².